The van der Waals surface area contributed by atoms with E-state index in [0.717, 1.165) is 16.7 Å². The zero-order valence-electron chi connectivity index (χ0n) is 12.9. The molecule has 4 nitrogen and oxygen atoms in total. The van der Waals surface area contributed by atoms with Crippen molar-refractivity contribution >= 4 is 24.0 Å². The predicted octanol–water partition coefficient (Wildman–Crippen LogP) is 3.73. The number of rotatable bonds is 8. The molecule has 23 heavy (non-hydrogen) atoms. The van der Waals surface area contributed by atoms with Crippen molar-refractivity contribution in [3.8, 4) is 5.75 Å². The molecule has 0 aliphatic carbocycles. The minimum atomic E-state index is -0.388. The summed E-state index contributed by atoms with van der Waals surface area (Å²) < 4.78 is 10.4. The third-order valence-corrected chi connectivity index (χ3v) is 4.19. The number of benzene rings is 2. The second-order valence-corrected chi connectivity index (χ2v) is 5.66. The minimum absolute atomic E-state index is 0.111. The summed E-state index contributed by atoms with van der Waals surface area (Å²) in [5.74, 6) is 0.905. The molecule has 0 fully saturated rings. The van der Waals surface area contributed by atoms with Crippen LogP contribution in [0.2, 0.25) is 0 Å². The predicted molar refractivity (Wildman–Crippen MR) is 90.0 cm³/mol. The van der Waals surface area contributed by atoms with Crippen LogP contribution in [-0.2, 0) is 15.3 Å². The molecule has 0 heterocycles. The molecule has 120 valence electrons. The highest BCUT2D eigenvalue weighted by molar-refractivity contribution is 7.98. The van der Waals surface area contributed by atoms with Gasteiger partial charge in [-0.3, -0.25) is 4.79 Å². The zero-order valence-corrected chi connectivity index (χ0v) is 13.7. The summed E-state index contributed by atoms with van der Waals surface area (Å²) in [5, 5.41) is 0. The van der Waals surface area contributed by atoms with Gasteiger partial charge >= 0.3 is 5.97 Å². The standard InChI is InChI=1S/C18H18O4S/c1-2-21-18(20)12-22-16-9-5-3-8-15(16)13-23-17-10-6-4-7-14(17)11-19/h3-11H,2,12-13H2,1H3. The number of hydrogen-bond acceptors (Lipinski definition) is 5. The molecule has 5 heteroatoms. The van der Waals surface area contributed by atoms with Gasteiger partial charge < -0.3 is 9.47 Å². The SMILES string of the molecule is CCOC(=O)COc1ccccc1CSc1ccccc1C=O. The van der Waals surface area contributed by atoms with Crippen LogP contribution in [0.15, 0.2) is 53.4 Å². The van der Waals surface area contributed by atoms with E-state index in [2.05, 4.69) is 0 Å². The van der Waals surface area contributed by atoms with E-state index in [-0.39, 0.29) is 12.6 Å². The molecule has 2 rings (SSSR count). The lowest BCUT2D eigenvalue weighted by atomic mass is 10.2. The van der Waals surface area contributed by atoms with Crippen molar-refractivity contribution in [3.63, 3.8) is 0 Å². The van der Waals surface area contributed by atoms with Crippen LogP contribution in [0.1, 0.15) is 22.8 Å². The van der Waals surface area contributed by atoms with Crippen LogP contribution in [0, 0.1) is 0 Å². The van der Waals surface area contributed by atoms with Crippen LogP contribution in [0.25, 0.3) is 0 Å². The summed E-state index contributed by atoms with van der Waals surface area (Å²) in [6.45, 7) is 1.98. The van der Waals surface area contributed by atoms with Crippen LogP contribution < -0.4 is 4.74 Å². The summed E-state index contributed by atoms with van der Waals surface area (Å²) in [4.78, 5) is 23.4. The summed E-state index contributed by atoms with van der Waals surface area (Å²) in [6.07, 6.45) is 0.853. The van der Waals surface area contributed by atoms with Gasteiger partial charge in [0.05, 0.1) is 6.61 Å². The van der Waals surface area contributed by atoms with Crippen molar-refractivity contribution in [3.05, 3.63) is 59.7 Å². The summed E-state index contributed by atoms with van der Waals surface area (Å²) in [7, 11) is 0. The van der Waals surface area contributed by atoms with Gasteiger partial charge in [-0.05, 0) is 19.1 Å². The van der Waals surface area contributed by atoms with Gasteiger partial charge in [0.2, 0.25) is 0 Å². The fourth-order valence-electron chi connectivity index (χ4n) is 1.97. The number of esters is 1. The van der Waals surface area contributed by atoms with Crippen molar-refractivity contribution in [2.75, 3.05) is 13.2 Å². The Bertz CT molecular complexity index is 670. The van der Waals surface area contributed by atoms with Crippen LogP contribution in [0.4, 0.5) is 0 Å². The molecule has 0 spiro atoms. The molecule has 0 radical (unpaired) electrons. The minimum Gasteiger partial charge on any atom is -0.482 e. The third-order valence-electron chi connectivity index (χ3n) is 3.05. The molecule has 2 aromatic carbocycles. The van der Waals surface area contributed by atoms with Crippen molar-refractivity contribution < 1.29 is 19.1 Å². The number of carbonyl (C=O) groups is 2. The molecule has 0 amide bonds. The Labute approximate surface area is 139 Å². The Balaban J connectivity index is 2.02. The number of hydrogen-bond donors (Lipinski definition) is 0. The van der Waals surface area contributed by atoms with Gasteiger partial charge in [-0.1, -0.05) is 36.4 Å². The van der Waals surface area contributed by atoms with Gasteiger partial charge in [-0.15, -0.1) is 11.8 Å². The number of carbonyl (C=O) groups excluding carboxylic acids is 2. The topological polar surface area (TPSA) is 52.6 Å². The van der Waals surface area contributed by atoms with Crippen molar-refractivity contribution in [1.29, 1.82) is 0 Å². The molecule has 0 aromatic heterocycles. The van der Waals surface area contributed by atoms with E-state index in [0.29, 0.717) is 23.7 Å². The Morgan fingerprint density at radius 2 is 1.87 bits per heavy atom. The van der Waals surface area contributed by atoms with Gasteiger partial charge in [0.25, 0.3) is 0 Å². The van der Waals surface area contributed by atoms with E-state index in [1.165, 1.54) is 0 Å². The van der Waals surface area contributed by atoms with Crippen molar-refractivity contribution in [2.24, 2.45) is 0 Å². The quantitative estimate of drug-likeness (QED) is 0.419. The summed E-state index contributed by atoms with van der Waals surface area (Å²) in [5.41, 5.74) is 1.63. The maximum Gasteiger partial charge on any atom is 0.344 e. The Morgan fingerprint density at radius 1 is 1.13 bits per heavy atom. The monoisotopic (exact) mass is 330 g/mol. The van der Waals surface area contributed by atoms with Crippen LogP contribution in [-0.4, -0.2) is 25.5 Å². The first kappa shape index (κ1) is 17.1. The fraction of sp³-hybridized carbons (Fsp3) is 0.222. The van der Waals surface area contributed by atoms with E-state index in [4.69, 9.17) is 9.47 Å². The maximum absolute atomic E-state index is 11.4. The fourth-order valence-corrected chi connectivity index (χ4v) is 2.98. The Morgan fingerprint density at radius 3 is 2.65 bits per heavy atom. The highest BCUT2D eigenvalue weighted by Gasteiger charge is 2.09. The molecule has 2 aromatic rings. The molecule has 0 saturated carbocycles. The summed E-state index contributed by atoms with van der Waals surface area (Å²) >= 11 is 1.56. The van der Waals surface area contributed by atoms with Gasteiger partial charge in [0.1, 0.15) is 5.75 Å². The average Bonchev–Trinajstić information content (AvgIpc) is 2.59. The van der Waals surface area contributed by atoms with Crippen LogP contribution in [0.5, 0.6) is 5.75 Å². The van der Waals surface area contributed by atoms with Gasteiger partial charge in [0.15, 0.2) is 12.9 Å². The molecule has 0 unspecified atom stereocenters. The number of thioether (sulfide) groups is 1. The van der Waals surface area contributed by atoms with E-state index < -0.39 is 0 Å². The lowest BCUT2D eigenvalue weighted by molar-refractivity contribution is -0.145. The first-order valence-corrected chi connectivity index (χ1v) is 8.26. The molecule has 0 bridgehead atoms. The van der Waals surface area contributed by atoms with E-state index >= 15 is 0 Å². The maximum atomic E-state index is 11.4. The lowest BCUT2D eigenvalue weighted by Crippen LogP contribution is -2.15. The van der Waals surface area contributed by atoms with Crippen LogP contribution in [0.3, 0.4) is 0 Å². The second-order valence-electron chi connectivity index (χ2n) is 4.65. The van der Waals surface area contributed by atoms with Gasteiger partial charge in [0, 0.05) is 21.8 Å². The van der Waals surface area contributed by atoms with Crippen molar-refractivity contribution in [1.82, 2.24) is 0 Å². The second kappa shape index (κ2) is 9.00. The smallest absolute Gasteiger partial charge is 0.344 e. The molecular formula is C18H18O4S. The highest BCUT2D eigenvalue weighted by atomic mass is 32.2. The zero-order chi connectivity index (χ0) is 16.5. The normalized spacial score (nSPS) is 10.1. The highest BCUT2D eigenvalue weighted by Crippen LogP contribution is 2.29. The molecule has 0 atom stereocenters. The number of para-hydroxylation sites is 1. The average molecular weight is 330 g/mol. The molecule has 0 N–H and O–H groups in total. The molecular weight excluding hydrogens is 312 g/mol. The summed E-state index contributed by atoms with van der Waals surface area (Å²) in [6, 6.07) is 15.0. The Kier molecular flexibility index (Phi) is 6.69. The first-order valence-electron chi connectivity index (χ1n) is 7.28. The molecule has 0 saturated heterocycles. The van der Waals surface area contributed by atoms with E-state index in [9.17, 15) is 9.59 Å². The first-order chi connectivity index (χ1) is 11.2. The largest absolute Gasteiger partial charge is 0.482 e. The van der Waals surface area contributed by atoms with Gasteiger partial charge in [-0.2, -0.15) is 0 Å². The Hall–Kier alpha value is -2.27. The van der Waals surface area contributed by atoms with Gasteiger partial charge in [-0.25, -0.2) is 4.79 Å². The number of ether oxygens (including phenoxy) is 2. The van der Waals surface area contributed by atoms with Crippen molar-refractivity contribution in [2.45, 2.75) is 17.6 Å². The van der Waals surface area contributed by atoms with E-state index in [1.54, 1.807) is 24.8 Å². The molecule has 0 aliphatic rings. The lowest BCUT2D eigenvalue weighted by Gasteiger charge is -2.11. The van der Waals surface area contributed by atoms with E-state index in [1.807, 2.05) is 42.5 Å². The number of aldehydes is 1. The molecule has 0 aliphatic heterocycles. The third kappa shape index (κ3) is 5.14. The van der Waals surface area contributed by atoms with Crippen LogP contribution >= 0.6 is 11.8 Å².